The van der Waals surface area contributed by atoms with Crippen LogP contribution in [-0.4, -0.2) is 25.6 Å². The molecule has 28 heavy (non-hydrogen) atoms. The number of nitrogens with one attached hydrogen (secondary N) is 1. The summed E-state index contributed by atoms with van der Waals surface area (Å²) in [5, 5.41) is 2.80. The fourth-order valence-corrected chi connectivity index (χ4v) is 3.35. The number of esters is 1. The standard InChI is InChI=1S/C22H19NO4S/c1-26-17-9-7-8-16(14-17)22(25)27-15-21(24)23-19-12-5-6-13-20(19)28-18-10-3-2-4-11-18/h2-14H,15H2,1H3,(H,23,24). The lowest BCUT2D eigenvalue weighted by atomic mass is 10.2. The summed E-state index contributed by atoms with van der Waals surface area (Å²) in [6, 6.07) is 23.9. The largest absolute Gasteiger partial charge is 0.497 e. The van der Waals surface area contributed by atoms with Crippen molar-refractivity contribution in [2.45, 2.75) is 9.79 Å². The van der Waals surface area contributed by atoms with Crippen molar-refractivity contribution < 1.29 is 19.1 Å². The van der Waals surface area contributed by atoms with Crippen molar-refractivity contribution in [3.05, 3.63) is 84.4 Å². The molecule has 0 aliphatic heterocycles. The summed E-state index contributed by atoms with van der Waals surface area (Å²) < 4.78 is 10.2. The molecule has 1 amide bonds. The molecule has 1 N–H and O–H groups in total. The van der Waals surface area contributed by atoms with E-state index in [1.165, 1.54) is 7.11 Å². The van der Waals surface area contributed by atoms with Crippen LogP contribution >= 0.6 is 11.8 Å². The molecule has 6 heteroatoms. The van der Waals surface area contributed by atoms with Crippen molar-refractivity contribution in [1.29, 1.82) is 0 Å². The lowest BCUT2D eigenvalue weighted by Gasteiger charge is -2.11. The van der Waals surface area contributed by atoms with E-state index in [9.17, 15) is 9.59 Å². The summed E-state index contributed by atoms with van der Waals surface area (Å²) in [7, 11) is 1.52. The molecule has 5 nitrogen and oxygen atoms in total. The Kier molecular flexibility index (Phi) is 6.70. The van der Waals surface area contributed by atoms with Crippen molar-refractivity contribution in [3.8, 4) is 5.75 Å². The van der Waals surface area contributed by atoms with Gasteiger partial charge in [0, 0.05) is 9.79 Å². The number of amides is 1. The first kappa shape index (κ1) is 19.5. The molecule has 0 atom stereocenters. The maximum Gasteiger partial charge on any atom is 0.338 e. The van der Waals surface area contributed by atoms with Gasteiger partial charge in [-0.1, -0.05) is 48.2 Å². The zero-order chi connectivity index (χ0) is 19.8. The highest BCUT2D eigenvalue weighted by Crippen LogP contribution is 2.33. The molecule has 3 aromatic carbocycles. The van der Waals surface area contributed by atoms with Gasteiger partial charge in [0.15, 0.2) is 6.61 Å². The highest BCUT2D eigenvalue weighted by atomic mass is 32.2. The fourth-order valence-electron chi connectivity index (χ4n) is 2.43. The first-order valence-corrected chi connectivity index (χ1v) is 9.40. The van der Waals surface area contributed by atoms with Crippen molar-refractivity contribution in [3.63, 3.8) is 0 Å². The van der Waals surface area contributed by atoms with Crippen LogP contribution in [0, 0.1) is 0 Å². The third-order valence-corrected chi connectivity index (χ3v) is 4.86. The molecule has 142 valence electrons. The number of hydrogen-bond donors (Lipinski definition) is 1. The lowest BCUT2D eigenvalue weighted by molar-refractivity contribution is -0.119. The minimum atomic E-state index is -0.582. The van der Waals surface area contributed by atoms with Gasteiger partial charge in [0.25, 0.3) is 5.91 Å². The van der Waals surface area contributed by atoms with Crippen LogP contribution in [-0.2, 0) is 9.53 Å². The smallest absolute Gasteiger partial charge is 0.338 e. The predicted molar refractivity (Wildman–Crippen MR) is 109 cm³/mol. The lowest BCUT2D eigenvalue weighted by Crippen LogP contribution is -2.21. The highest BCUT2D eigenvalue weighted by Gasteiger charge is 2.13. The Morgan fingerprint density at radius 1 is 0.929 bits per heavy atom. The molecule has 0 heterocycles. The minimum Gasteiger partial charge on any atom is -0.497 e. The van der Waals surface area contributed by atoms with Crippen molar-refractivity contribution in [2.75, 3.05) is 19.0 Å². The van der Waals surface area contributed by atoms with E-state index in [-0.39, 0.29) is 6.61 Å². The van der Waals surface area contributed by atoms with Gasteiger partial charge < -0.3 is 14.8 Å². The summed E-state index contributed by atoms with van der Waals surface area (Å²) in [5.41, 5.74) is 0.992. The molecule has 0 bridgehead atoms. The Morgan fingerprint density at radius 2 is 1.68 bits per heavy atom. The number of hydrogen-bond acceptors (Lipinski definition) is 5. The van der Waals surface area contributed by atoms with Crippen LogP contribution in [0.3, 0.4) is 0 Å². The second kappa shape index (κ2) is 9.62. The summed E-state index contributed by atoms with van der Waals surface area (Å²) in [5.74, 6) is -0.441. The molecule has 0 fully saturated rings. The minimum absolute atomic E-state index is 0.326. The quantitative estimate of drug-likeness (QED) is 0.593. The molecule has 0 radical (unpaired) electrons. The summed E-state index contributed by atoms with van der Waals surface area (Å²) >= 11 is 1.55. The molecule has 0 aliphatic carbocycles. The van der Waals surface area contributed by atoms with Gasteiger partial charge in [-0.25, -0.2) is 4.79 Å². The topological polar surface area (TPSA) is 64.6 Å². The van der Waals surface area contributed by atoms with E-state index in [0.717, 1.165) is 9.79 Å². The van der Waals surface area contributed by atoms with Gasteiger partial charge in [-0.15, -0.1) is 0 Å². The van der Waals surface area contributed by atoms with Gasteiger partial charge >= 0.3 is 5.97 Å². The highest BCUT2D eigenvalue weighted by molar-refractivity contribution is 7.99. The Labute approximate surface area is 167 Å². The molecule has 0 unspecified atom stereocenters. The third-order valence-electron chi connectivity index (χ3n) is 3.77. The zero-order valence-corrected chi connectivity index (χ0v) is 16.1. The van der Waals surface area contributed by atoms with Crippen LogP contribution in [0.4, 0.5) is 5.69 Å². The first-order chi connectivity index (χ1) is 13.7. The fraction of sp³-hybridized carbons (Fsp3) is 0.0909. The van der Waals surface area contributed by atoms with Crippen LogP contribution in [0.5, 0.6) is 5.75 Å². The molecule has 3 aromatic rings. The molecule has 3 rings (SSSR count). The first-order valence-electron chi connectivity index (χ1n) is 8.58. The van der Waals surface area contributed by atoms with Crippen molar-refractivity contribution in [2.24, 2.45) is 0 Å². The number of para-hydroxylation sites is 1. The number of rotatable bonds is 7. The van der Waals surface area contributed by atoms with Gasteiger partial charge in [-0.2, -0.15) is 0 Å². The maximum absolute atomic E-state index is 12.3. The molecule has 0 aromatic heterocycles. The van der Waals surface area contributed by atoms with Crippen LogP contribution in [0.25, 0.3) is 0 Å². The second-order valence-corrected chi connectivity index (χ2v) is 6.88. The number of carbonyl (C=O) groups is 2. The zero-order valence-electron chi connectivity index (χ0n) is 15.3. The number of anilines is 1. The number of ether oxygens (including phenoxy) is 2. The number of methoxy groups -OCH3 is 1. The summed E-state index contributed by atoms with van der Waals surface area (Å²) in [6.45, 7) is -0.375. The second-order valence-electron chi connectivity index (χ2n) is 5.77. The van der Waals surface area contributed by atoms with E-state index in [0.29, 0.717) is 17.0 Å². The van der Waals surface area contributed by atoms with E-state index >= 15 is 0 Å². The van der Waals surface area contributed by atoms with Crippen LogP contribution < -0.4 is 10.1 Å². The molecule has 0 saturated heterocycles. The van der Waals surface area contributed by atoms with E-state index in [1.54, 1.807) is 36.0 Å². The maximum atomic E-state index is 12.3. The van der Waals surface area contributed by atoms with E-state index in [2.05, 4.69) is 5.32 Å². The van der Waals surface area contributed by atoms with E-state index in [4.69, 9.17) is 9.47 Å². The molecule has 0 spiro atoms. The van der Waals surface area contributed by atoms with Crippen molar-refractivity contribution in [1.82, 2.24) is 0 Å². The van der Waals surface area contributed by atoms with Gasteiger partial charge in [0.2, 0.25) is 0 Å². The summed E-state index contributed by atoms with van der Waals surface area (Å²) in [4.78, 5) is 26.3. The summed E-state index contributed by atoms with van der Waals surface area (Å²) in [6.07, 6.45) is 0. The Hall–Kier alpha value is -3.25. The predicted octanol–water partition coefficient (Wildman–Crippen LogP) is 4.64. The SMILES string of the molecule is COc1cccc(C(=O)OCC(=O)Nc2ccccc2Sc2ccccc2)c1. The Balaban J connectivity index is 1.60. The van der Waals surface area contributed by atoms with Crippen molar-refractivity contribution >= 4 is 29.3 Å². The van der Waals surface area contributed by atoms with Gasteiger partial charge in [0.05, 0.1) is 18.4 Å². The van der Waals surface area contributed by atoms with E-state index in [1.807, 2.05) is 54.6 Å². The third kappa shape index (κ3) is 5.37. The Bertz CT molecular complexity index is 960. The monoisotopic (exact) mass is 393 g/mol. The number of carbonyl (C=O) groups excluding carboxylic acids is 2. The average molecular weight is 393 g/mol. The van der Waals surface area contributed by atoms with Crippen LogP contribution in [0.1, 0.15) is 10.4 Å². The van der Waals surface area contributed by atoms with Crippen LogP contribution in [0.15, 0.2) is 88.7 Å². The molecular formula is C22H19NO4S. The normalized spacial score (nSPS) is 10.2. The van der Waals surface area contributed by atoms with E-state index < -0.39 is 11.9 Å². The van der Waals surface area contributed by atoms with Gasteiger partial charge in [-0.05, 0) is 42.5 Å². The van der Waals surface area contributed by atoms with Crippen LogP contribution in [0.2, 0.25) is 0 Å². The Morgan fingerprint density at radius 3 is 2.46 bits per heavy atom. The number of benzene rings is 3. The molecule has 0 aliphatic rings. The molecule has 0 saturated carbocycles. The van der Waals surface area contributed by atoms with Gasteiger partial charge in [-0.3, -0.25) is 4.79 Å². The van der Waals surface area contributed by atoms with Gasteiger partial charge in [0.1, 0.15) is 5.75 Å². The average Bonchev–Trinajstić information content (AvgIpc) is 2.74. The molecular weight excluding hydrogens is 374 g/mol.